The first kappa shape index (κ1) is 15.0. The third-order valence-electron chi connectivity index (χ3n) is 3.87. The second-order valence-electron chi connectivity index (χ2n) is 5.47. The lowest BCUT2D eigenvalue weighted by atomic mass is 9.90. The van der Waals surface area contributed by atoms with Gasteiger partial charge in [-0.25, -0.2) is 0 Å². The van der Waals surface area contributed by atoms with Gasteiger partial charge in [0, 0.05) is 31.4 Å². The molecule has 0 aliphatic heterocycles. The largest absolute Gasteiger partial charge is 0.356 e. The summed E-state index contributed by atoms with van der Waals surface area (Å²) < 4.78 is 0. The summed E-state index contributed by atoms with van der Waals surface area (Å²) in [5.41, 5.74) is 3.96. The maximum atomic E-state index is 10.8. The van der Waals surface area contributed by atoms with Crippen LogP contribution in [0.15, 0.2) is 12.3 Å². The molecule has 2 N–H and O–H groups in total. The van der Waals surface area contributed by atoms with E-state index in [0.717, 1.165) is 32.4 Å². The molecule has 4 heteroatoms. The van der Waals surface area contributed by atoms with E-state index >= 15 is 0 Å². The van der Waals surface area contributed by atoms with Gasteiger partial charge < -0.3 is 10.6 Å². The summed E-state index contributed by atoms with van der Waals surface area (Å²) in [5, 5.41) is 6.44. The average molecular weight is 275 g/mol. The highest BCUT2D eigenvalue weighted by atomic mass is 16.1. The van der Waals surface area contributed by atoms with Crippen LogP contribution in [0.25, 0.3) is 0 Å². The van der Waals surface area contributed by atoms with Crippen LogP contribution in [0.2, 0.25) is 0 Å². The van der Waals surface area contributed by atoms with Gasteiger partial charge in [-0.05, 0) is 49.8 Å². The van der Waals surface area contributed by atoms with Gasteiger partial charge in [0.15, 0.2) is 0 Å². The lowest BCUT2D eigenvalue weighted by Gasteiger charge is -2.26. The molecule has 0 radical (unpaired) electrons. The van der Waals surface area contributed by atoms with Gasteiger partial charge in [-0.15, -0.1) is 0 Å². The fourth-order valence-electron chi connectivity index (χ4n) is 2.73. The number of aromatic nitrogens is 1. The third-order valence-corrected chi connectivity index (χ3v) is 3.87. The Morgan fingerprint density at radius 1 is 1.45 bits per heavy atom. The van der Waals surface area contributed by atoms with E-state index in [1.54, 1.807) is 6.92 Å². The Balaban J connectivity index is 1.89. The highest BCUT2D eigenvalue weighted by Gasteiger charge is 2.20. The van der Waals surface area contributed by atoms with Crippen molar-refractivity contribution in [3.05, 3.63) is 29.1 Å². The first-order valence-electron chi connectivity index (χ1n) is 7.66. The highest BCUT2D eigenvalue weighted by molar-refractivity contribution is 5.72. The number of hydrogen-bond acceptors (Lipinski definition) is 3. The van der Waals surface area contributed by atoms with Gasteiger partial charge in [-0.1, -0.05) is 13.0 Å². The van der Waals surface area contributed by atoms with E-state index in [1.165, 1.54) is 29.7 Å². The second-order valence-corrected chi connectivity index (χ2v) is 5.47. The molecule has 0 spiro atoms. The molecule has 2 rings (SSSR count). The normalized spacial score (nSPS) is 17.6. The Labute approximate surface area is 121 Å². The van der Waals surface area contributed by atoms with E-state index in [4.69, 9.17) is 0 Å². The van der Waals surface area contributed by atoms with Crippen LogP contribution in [-0.2, 0) is 17.6 Å². The van der Waals surface area contributed by atoms with E-state index in [2.05, 4.69) is 28.6 Å². The molecule has 1 aromatic heterocycles. The Morgan fingerprint density at radius 2 is 2.30 bits per heavy atom. The number of carbonyl (C=O) groups excluding carboxylic acids is 1. The van der Waals surface area contributed by atoms with Crippen LogP contribution < -0.4 is 10.6 Å². The van der Waals surface area contributed by atoms with Crippen molar-refractivity contribution in [3.8, 4) is 0 Å². The molecule has 1 aliphatic carbocycles. The van der Waals surface area contributed by atoms with Crippen LogP contribution in [0.3, 0.4) is 0 Å². The molecule has 0 aromatic carbocycles. The highest BCUT2D eigenvalue weighted by Crippen LogP contribution is 2.29. The molecule has 20 heavy (non-hydrogen) atoms. The minimum Gasteiger partial charge on any atom is -0.356 e. The van der Waals surface area contributed by atoms with Crippen LogP contribution in [0.1, 0.15) is 56.0 Å². The molecule has 1 unspecified atom stereocenters. The standard InChI is InChI=1S/C16H25N3O/c1-3-13-10-14-15(6-4-7-16(14)19-11-13)18-9-5-8-17-12(2)20/h10-11,15,18H,3-9H2,1-2H3,(H,17,20). The lowest BCUT2D eigenvalue weighted by molar-refractivity contribution is -0.118. The minimum absolute atomic E-state index is 0.0461. The molecule has 0 fully saturated rings. The first-order chi connectivity index (χ1) is 9.70. The molecule has 1 heterocycles. The number of pyridine rings is 1. The summed E-state index contributed by atoms with van der Waals surface area (Å²) in [7, 11) is 0. The molecule has 0 saturated carbocycles. The maximum Gasteiger partial charge on any atom is 0.216 e. The smallest absolute Gasteiger partial charge is 0.216 e. The monoisotopic (exact) mass is 275 g/mol. The van der Waals surface area contributed by atoms with Gasteiger partial charge in [0.1, 0.15) is 0 Å². The number of aryl methyl sites for hydroxylation is 2. The molecule has 1 atom stereocenters. The zero-order valence-electron chi connectivity index (χ0n) is 12.5. The number of nitrogens with one attached hydrogen (secondary N) is 2. The Hall–Kier alpha value is -1.42. The van der Waals surface area contributed by atoms with Gasteiger partial charge in [-0.2, -0.15) is 0 Å². The van der Waals surface area contributed by atoms with Crippen molar-refractivity contribution < 1.29 is 4.79 Å². The molecule has 110 valence electrons. The van der Waals surface area contributed by atoms with Crippen molar-refractivity contribution in [2.45, 2.75) is 52.0 Å². The van der Waals surface area contributed by atoms with Crippen LogP contribution in [0.5, 0.6) is 0 Å². The topological polar surface area (TPSA) is 54.0 Å². The molecule has 4 nitrogen and oxygen atoms in total. The maximum absolute atomic E-state index is 10.8. The van der Waals surface area contributed by atoms with Crippen LogP contribution in [0.4, 0.5) is 0 Å². The fraction of sp³-hybridized carbons (Fsp3) is 0.625. The summed E-state index contributed by atoms with van der Waals surface area (Å²) in [6.45, 7) is 5.40. The number of amides is 1. The zero-order chi connectivity index (χ0) is 14.4. The summed E-state index contributed by atoms with van der Waals surface area (Å²) in [6, 6.07) is 2.74. The van der Waals surface area contributed by atoms with E-state index in [-0.39, 0.29) is 5.91 Å². The van der Waals surface area contributed by atoms with Crippen molar-refractivity contribution in [3.63, 3.8) is 0 Å². The Bertz CT molecular complexity index is 459. The molecule has 1 amide bonds. The van der Waals surface area contributed by atoms with Crippen LogP contribution in [0, 0.1) is 0 Å². The quantitative estimate of drug-likeness (QED) is 0.782. The number of nitrogens with zero attached hydrogens (tertiary/aromatic N) is 1. The van der Waals surface area contributed by atoms with E-state index in [0.29, 0.717) is 6.04 Å². The minimum atomic E-state index is 0.0461. The summed E-state index contributed by atoms with van der Waals surface area (Å²) in [5.74, 6) is 0.0461. The van der Waals surface area contributed by atoms with Crippen LogP contribution in [-0.4, -0.2) is 24.0 Å². The van der Waals surface area contributed by atoms with Crippen molar-refractivity contribution in [2.75, 3.05) is 13.1 Å². The van der Waals surface area contributed by atoms with Gasteiger partial charge in [0.2, 0.25) is 5.91 Å². The van der Waals surface area contributed by atoms with E-state index in [1.807, 2.05) is 6.20 Å². The molecule has 1 aromatic rings. The predicted octanol–water partition coefficient (Wildman–Crippen LogP) is 2.14. The predicted molar refractivity (Wildman–Crippen MR) is 80.6 cm³/mol. The zero-order valence-corrected chi connectivity index (χ0v) is 12.5. The number of rotatable bonds is 6. The molecule has 1 aliphatic rings. The number of fused-ring (bicyclic) bond motifs is 1. The van der Waals surface area contributed by atoms with Crippen molar-refractivity contribution in [2.24, 2.45) is 0 Å². The van der Waals surface area contributed by atoms with Gasteiger partial charge in [0.25, 0.3) is 0 Å². The van der Waals surface area contributed by atoms with Gasteiger partial charge >= 0.3 is 0 Å². The summed E-state index contributed by atoms with van der Waals surface area (Å²) in [6.07, 6.45) is 7.50. The number of carbonyl (C=O) groups is 1. The van der Waals surface area contributed by atoms with Crippen molar-refractivity contribution in [1.29, 1.82) is 0 Å². The molecule has 0 saturated heterocycles. The summed E-state index contributed by atoms with van der Waals surface area (Å²) in [4.78, 5) is 15.4. The Morgan fingerprint density at radius 3 is 3.05 bits per heavy atom. The van der Waals surface area contributed by atoms with E-state index in [9.17, 15) is 4.79 Å². The average Bonchev–Trinajstić information content (AvgIpc) is 2.46. The third kappa shape index (κ3) is 4.04. The molecular weight excluding hydrogens is 250 g/mol. The second kappa shape index (κ2) is 7.39. The SMILES string of the molecule is CCc1cnc2c(c1)C(NCCCNC(C)=O)CCC2. The van der Waals surface area contributed by atoms with Crippen molar-refractivity contribution >= 4 is 5.91 Å². The lowest BCUT2D eigenvalue weighted by Crippen LogP contribution is -2.29. The summed E-state index contributed by atoms with van der Waals surface area (Å²) >= 11 is 0. The number of hydrogen-bond donors (Lipinski definition) is 2. The first-order valence-corrected chi connectivity index (χ1v) is 7.66. The van der Waals surface area contributed by atoms with Gasteiger partial charge in [0.05, 0.1) is 0 Å². The Kier molecular flexibility index (Phi) is 5.53. The van der Waals surface area contributed by atoms with Crippen LogP contribution >= 0.6 is 0 Å². The van der Waals surface area contributed by atoms with Gasteiger partial charge in [-0.3, -0.25) is 9.78 Å². The molecular formula is C16H25N3O. The van der Waals surface area contributed by atoms with Crippen molar-refractivity contribution in [1.82, 2.24) is 15.6 Å². The fourth-order valence-corrected chi connectivity index (χ4v) is 2.73. The van der Waals surface area contributed by atoms with E-state index < -0.39 is 0 Å². The molecule has 0 bridgehead atoms.